The van der Waals surface area contributed by atoms with Gasteiger partial charge in [-0.3, -0.25) is 4.79 Å². The molecule has 0 aromatic heterocycles. The fourth-order valence-corrected chi connectivity index (χ4v) is 3.15. The minimum absolute atomic E-state index is 0.116. The van der Waals surface area contributed by atoms with Gasteiger partial charge in [0.05, 0.1) is 5.69 Å². The van der Waals surface area contributed by atoms with Crippen LogP contribution in [0.2, 0.25) is 0 Å². The summed E-state index contributed by atoms with van der Waals surface area (Å²) >= 11 is 1.69. The maximum Gasteiger partial charge on any atom is 0.224 e. The van der Waals surface area contributed by atoms with Crippen molar-refractivity contribution < 1.29 is 4.79 Å². The number of carbonyl (C=O) groups excluding carboxylic acids is 1. The van der Waals surface area contributed by atoms with Gasteiger partial charge in [-0.25, -0.2) is 0 Å². The van der Waals surface area contributed by atoms with E-state index >= 15 is 0 Å². The number of hydrogen-bond donors (Lipinski definition) is 2. The second-order valence-electron chi connectivity index (χ2n) is 5.06. The molecular formula is C16H22N2OS. The molecule has 0 spiro atoms. The van der Waals surface area contributed by atoms with Crippen LogP contribution >= 0.6 is 11.8 Å². The lowest BCUT2D eigenvalue weighted by atomic mass is 9.96. The average molecular weight is 290 g/mol. The first kappa shape index (κ1) is 15.1. The van der Waals surface area contributed by atoms with Crippen molar-refractivity contribution in [2.75, 3.05) is 24.2 Å². The van der Waals surface area contributed by atoms with Crippen LogP contribution in [0.25, 0.3) is 0 Å². The van der Waals surface area contributed by atoms with Crippen molar-refractivity contribution in [2.24, 2.45) is 5.92 Å². The summed E-state index contributed by atoms with van der Waals surface area (Å²) in [5.74, 6) is 1.43. The molecule has 1 aliphatic rings. The topological polar surface area (TPSA) is 41.1 Å². The Morgan fingerprint density at radius 3 is 3.10 bits per heavy atom. The van der Waals surface area contributed by atoms with Crippen LogP contribution in [0.15, 0.2) is 41.8 Å². The Morgan fingerprint density at radius 2 is 2.35 bits per heavy atom. The summed E-state index contributed by atoms with van der Waals surface area (Å²) in [6.45, 7) is 5.77. The van der Waals surface area contributed by atoms with Crippen molar-refractivity contribution >= 4 is 23.4 Å². The van der Waals surface area contributed by atoms with E-state index in [0.29, 0.717) is 12.3 Å². The van der Waals surface area contributed by atoms with Gasteiger partial charge in [0, 0.05) is 17.1 Å². The zero-order valence-corrected chi connectivity index (χ0v) is 12.5. The SMILES string of the molecule is C=CCSc1ccccc1NC(=O)CC1CCCNC1. The number of thioether (sulfide) groups is 1. The van der Waals surface area contributed by atoms with E-state index in [-0.39, 0.29) is 5.91 Å². The van der Waals surface area contributed by atoms with Crippen LogP contribution in [0, 0.1) is 5.92 Å². The zero-order chi connectivity index (χ0) is 14.2. The molecule has 1 amide bonds. The second-order valence-corrected chi connectivity index (χ2v) is 6.12. The number of para-hydroxylation sites is 1. The monoisotopic (exact) mass is 290 g/mol. The van der Waals surface area contributed by atoms with Gasteiger partial charge in [-0.2, -0.15) is 0 Å². The minimum atomic E-state index is 0.116. The zero-order valence-electron chi connectivity index (χ0n) is 11.7. The minimum Gasteiger partial charge on any atom is -0.325 e. The highest BCUT2D eigenvalue weighted by molar-refractivity contribution is 7.99. The quantitative estimate of drug-likeness (QED) is 0.624. The third-order valence-electron chi connectivity index (χ3n) is 3.39. The Balaban J connectivity index is 1.91. The van der Waals surface area contributed by atoms with Crippen molar-refractivity contribution in [1.29, 1.82) is 0 Å². The number of hydrogen-bond acceptors (Lipinski definition) is 3. The first-order valence-corrected chi connectivity index (χ1v) is 8.11. The molecule has 1 fully saturated rings. The van der Waals surface area contributed by atoms with Gasteiger partial charge in [0.1, 0.15) is 0 Å². The molecule has 1 atom stereocenters. The fraction of sp³-hybridized carbons (Fsp3) is 0.438. The van der Waals surface area contributed by atoms with Crippen molar-refractivity contribution in [3.63, 3.8) is 0 Å². The smallest absolute Gasteiger partial charge is 0.224 e. The number of amides is 1. The second kappa shape index (κ2) is 8.12. The predicted molar refractivity (Wildman–Crippen MR) is 86.2 cm³/mol. The number of anilines is 1. The molecule has 0 saturated carbocycles. The van der Waals surface area contributed by atoms with E-state index in [9.17, 15) is 4.79 Å². The molecule has 0 aliphatic carbocycles. The Labute approximate surface area is 125 Å². The van der Waals surface area contributed by atoms with Crippen LogP contribution in [0.1, 0.15) is 19.3 Å². The van der Waals surface area contributed by atoms with Gasteiger partial charge in [-0.15, -0.1) is 18.3 Å². The maximum atomic E-state index is 12.1. The molecule has 1 aromatic rings. The van der Waals surface area contributed by atoms with Crippen molar-refractivity contribution in [3.8, 4) is 0 Å². The standard InChI is InChI=1S/C16H22N2OS/c1-2-10-20-15-8-4-3-7-14(15)18-16(19)11-13-6-5-9-17-12-13/h2-4,7-8,13,17H,1,5-6,9-12H2,(H,18,19). The van der Waals surface area contributed by atoms with Gasteiger partial charge in [0.2, 0.25) is 5.91 Å². The molecule has 3 nitrogen and oxygen atoms in total. The van der Waals surface area contributed by atoms with E-state index in [1.807, 2.05) is 30.3 Å². The molecule has 2 rings (SSSR count). The first-order chi connectivity index (χ1) is 9.79. The molecule has 1 aromatic carbocycles. The molecule has 0 bridgehead atoms. The summed E-state index contributed by atoms with van der Waals surface area (Å²) in [5, 5.41) is 6.39. The fourth-order valence-electron chi connectivity index (χ4n) is 2.41. The van der Waals surface area contributed by atoms with Crippen LogP contribution in [0.4, 0.5) is 5.69 Å². The molecule has 2 N–H and O–H groups in total. The molecule has 1 saturated heterocycles. The highest BCUT2D eigenvalue weighted by Crippen LogP contribution is 2.27. The molecule has 108 valence electrons. The molecule has 4 heteroatoms. The molecule has 1 unspecified atom stereocenters. The third-order valence-corrected chi connectivity index (χ3v) is 4.46. The summed E-state index contributed by atoms with van der Waals surface area (Å²) in [4.78, 5) is 13.2. The highest BCUT2D eigenvalue weighted by Gasteiger charge is 2.17. The predicted octanol–water partition coefficient (Wildman–Crippen LogP) is 3.29. The number of piperidine rings is 1. The van der Waals surface area contributed by atoms with E-state index in [4.69, 9.17) is 0 Å². The summed E-state index contributed by atoms with van der Waals surface area (Å²) in [6.07, 6.45) is 4.79. The van der Waals surface area contributed by atoms with E-state index in [2.05, 4.69) is 17.2 Å². The largest absolute Gasteiger partial charge is 0.325 e. The molecule has 1 heterocycles. The van der Waals surface area contributed by atoms with Crippen LogP contribution < -0.4 is 10.6 Å². The summed E-state index contributed by atoms with van der Waals surface area (Å²) in [5.41, 5.74) is 0.910. The van der Waals surface area contributed by atoms with Gasteiger partial charge in [-0.05, 0) is 44.0 Å². The maximum absolute atomic E-state index is 12.1. The lowest BCUT2D eigenvalue weighted by Gasteiger charge is -2.22. The Hall–Kier alpha value is -1.26. The van der Waals surface area contributed by atoms with Gasteiger partial charge in [-0.1, -0.05) is 18.2 Å². The van der Waals surface area contributed by atoms with Gasteiger partial charge >= 0.3 is 0 Å². The van der Waals surface area contributed by atoms with Gasteiger partial charge in [0.25, 0.3) is 0 Å². The van der Waals surface area contributed by atoms with Crippen LogP contribution in [-0.4, -0.2) is 24.7 Å². The summed E-state index contributed by atoms with van der Waals surface area (Å²) < 4.78 is 0. The lowest BCUT2D eigenvalue weighted by Crippen LogP contribution is -2.32. The molecule has 0 radical (unpaired) electrons. The lowest BCUT2D eigenvalue weighted by molar-refractivity contribution is -0.117. The first-order valence-electron chi connectivity index (χ1n) is 7.13. The Morgan fingerprint density at radius 1 is 1.50 bits per heavy atom. The summed E-state index contributed by atoms with van der Waals surface area (Å²) in [6, 6.07) is 7.94. The van der Waals surface area contributed by atoms with Gasteiger partial charge < -0.3 is 10.6 Å². The highest BCUT2D eigenvalue weighted by atomic mass is 32.2. The third kappa shape index (κ3) is 4.69. The van der Waals surface area contributed by atoms with E-state index in [0.717, 1.165) is 35.8 Å². The van der Waals surface area contributed by atoms with E-state index in [1.165, 1.54) is 6.42 Å². The van der Waals surface area contributed by atoms with Crippen molar-refractivity contribution in [2.45, 2.75) is 24.2 Å². The van der Waals surface area contributed by atoms with E-state index < -0.39 is 0 Å². The van der Waals surface area contributed by atoms with E-state index in [1.54, 1.807) is 11.8 Å². The van der Waals surface area contributed by atoms with Crippen LogP contribution in [-0.2, 0) is 4.79 Å². The Bertz CT molecular complexity index is 456. The number of carbonyl (C=O) groups is 1. The number of rotatable bonds is 6. The van der Waals surface area contributed by atoms with Crippen molar-refractivity contribution in [1.82, 2.24) is 5.32 Å². The van der Waals surface area contributed by atoms with Gasteiger partial charge in [0.15, 0.2) is 0 Å². The molecule has 1 aliphatic heterocycles. The van der Waals surface area contributed by atoms with Crippen molar-refractivity contribution in [3.05, 3.63) is 36.9 Å². The molecule has 20 heavy (non-hydrogen) atoms. The molecular weight excluding hydrogens is 268 g/mol. The number of benzene rings is 1. The van der Waals surface area contributed by atoms with Crippen LogP contribution in [0.5, 0.6) is 0 Å². The van der Waals surface area contributed by atoms with Crippen LogP contribution in [0.3, 0.4) is 0 Å². The summed E-state index contributed by atoms with van der Waals surface area (Å²) in [7, 11) is 0. The number of nitrogens with one attached hydrogen (secondary N) is 2. The Kier molecular flexibility index (Phi) is 6.15. The average Bonchev–Trinajstić information content (AvgIpc) is 2.47. The normalized spacial score (nSPS) is 18.5.